The zero-order chi connectivity index (χ0) is 22.6. The fraction of sp³-hybridized carbons (Fsp3) is 0.409. The van der Waals surface area contributed by atoms with E-state index in [2.05, 4.69) is 20.0 Å². The smallest absolute Gasteiger partial charge is 0.417 e. The summed E-state index contributed by atoms with van der Waals surface area (Å²) in [5.74, 6) is 2.24. The number of ether oxygens (including phenoxy) is 1. The Morgan fingerprint density at radius 2 is 1.91 bits per heavy atom. The Morgan fingerprint density at radius 1 is 1.06 bits per heavy atom. The molecule has 3 heterocycles. The Balaban J connectivity index is 1.38. The molecule has 1 aliphatic rings. The maximum Gasteiger partial charge on any atom is 0.417 e. The third-order valence-electron chi connectivity index (χ3n) is 5.24. The number of halogens is 3. The van der Waals surface area contributed by atoms with E-state index in [1.807, 2.05) is 36.1 Å². The number of anilines is 1. The van der Waals surface area contributed by atoms with Gasteiger partial charge in [-0.3, -0.25) is 4.90 Å². The van der Waals surface area contributed by atoms with Crippen LogP contribution in [0.5, 0.6) is 5.75 Å². The van der Waals surface area contributed by atoms with E-state index in [9.17, 15) is 13.2 Å². The fourth-order valence-corrected chi connectivity index (χ4v) is 3.65. The molecule has 170 valence electrons. The molecule has 32 heavy (non-hydrogen) atoms. The van der Waals surface area contributed by atoms with Crippen LogP contribution in [-0.4, -0.2) is 52.8 Å². The van der Waals surface area contributed by atoms with Crippen molar-refractivity contribution in [1.29, 1.82) is 0 Å². The minimum absolute atomic E-state index is 0.481. The summed E-state index contributed by atoms with van der Waals surface area (Å²) in [7, 11) is 0. The zero-order valence-electron chi connectivity index (χ0n) is 17.7. The van der Waals surface area contributed by atoms with E-state index < -0.39 is 11.7 Å². The standard InChI is InChI=1S/C22H24F3N5O2/c1-2-31-18-7-4-3-6-17(18)21-27-20(32-28-21)15-29-10-5-11-30(13-12-29)19-9-8-16(14-26-19)22(23,24)25/h3-4,6-9,14H,2,5,10-13,15H2,1H3. The second kappa shape index (κ2) is 9.56. The molecule has 0 bridgehead atoms. The maximum absolute atomic E-state index is 12.8. The first kappa shape index (κ1) is 22.1. The van der Waals surface area contributed by atoms with Gasteiger partial charge in [0.15, 0.2) is 0 Å². The summed E-state index contributed by atoms with van der Waals surface area (Å²) in [6.07, 6.45) is -2.65. The molecule has 0 N–H and O–H groups in total. The van der Waals surface area contributed by atoms with E-state index in [1.54, 1.807) is 0 Å². The molecule has 0 amide bonds. The van der Waals surface area contributed by atoms with E-state index in [0.717, 1.165) is 30.8 Å². The number of alkyl halides is 3. The molecule has 0 atom stereocenters. The molecule has 0 saturated carbocycles. The van der Waals surface area contributed by atoms with E-state index in [1.165, 1.54) is 6.07 Å². The van der Waals surface area contributed by atoms with Crippen LogP contribution in [0.15, 0.2) is 47.1 Å². The topological polar surface area (TPSA) is 67.5 Å². The quantitative estimate of drug-likeness (QED) is 0.559. The van der Waals surface area contributed by atoms with Gasteiger partial charge >= 0.3 is 6.18 Å². The summed E-state index contributed by atoms with van der Waals surface area (Å²) >= 11 is 0. The van der Waals surface area contributed by atoms with Gasteiger partial charge in [-0.1, -0.05) is 17.3 Å². The molecule has 7 nitrogen and oxygen atoms in total. The summed E-state index contributed by atoms with van der Waals surface area (Å²) in [4.78, 5) is 12.7. The maximum atomic E-state index is 12.8. The van der Waals surface area contributed by atoms with Gasteiger partial charge in [-0.15, -0.1) is 0 Å². The molecule has 2 aromatic heterocycles. The summed E-state index contributed by atoms with van der Waals surface area (Å²) in [6.45, 7) is 5.83. The fourth-order valence-electron chi connectivity index (χ4n) is 3.65. The summed E-state index contributed by atoms with van der Waals surface area (Å²) < 4.78 is 49.4. The molecule has 1 aromatic carbocycles. The Bertz CT molecular complexity index is 1020. The Kier molecular flexibility index (Phi) is 6.59. The van der Waals surface area contributed by atoms with Crippen LogP contribution in [0.2, 0.25) is 0 Å². The van der Waals surface area contributed by atoms with Crippen LogP contribution in [0.25, 0.3) is 11.4 Å². The first-order valence-corrected chi connectivity index (χ1v) is 10.5. The lowest BCUT2D eigenvalue weighted by Crippen LogP contribution is -2.31. The molecule has 0 aliphatic carbocycles. The monoisotopic (exact) mass is 447 g/mol. The number of benzene rings is 1. The van der Waals surface area contributed by atoms with Gasteiger partial charge in [-0.05, 0) is 37.6 Å². The average Bonchev–Trinajstić information content (AvgIpc) is 3.11. The molecule has 4 rings (SSSR count). The van der Waals surface area contributed by atoms with Crippen LogP contribution in [0.3, 0.4) is 0 Å². The van der Waals surface area contributed by atoms with Crippen molar-refractivity contribution >= 4 is 5.82 Å². The predicted molar refractivity (Wildman–Crippen MR) is 112 cm³/mol. The van der Waals surface area contributed by atoms with Gasteiger partial charge < -0.3 is 14.2 Å². The van der Waals surface area contributed by atoms with Gasteiger partial charge in [0.2, 0.25) is 11.7 Å². The van der Waals surface area contributed by atoms with Gasteiger partial charge in [0.25, 0.3) is 0 Å². The lowest BCUT2D eigenvalue weighted by Gasteiger charge is -2.22. The number of pyridine rings is 1. The lowest BCUT2D eigenvalue weighted by molar-refractivity contribution is -0.137. The molecule has 1 aliphatic heterocycles. The highest BCUT2D eigenvalue weighted by Crippen LogP contribution is 2.30. The molecule has 3 aromatic rings. The molecular formula is C22H24F3N5O2. The van der Waals surface area contributed by atoms with Crippen molar-refractivity contribution in [1.82, 2.24) is 20.0 Å². The van der Waals surface area contributed by atoms with Gasteiger partial charge in [0.05, 0.1) is 24.3 Å². The van der Waals surface area contributed by atoms with Crippen LogP contribution in [0, 0.1) is 0 Å². The van der Waals surface area contributed by atoms with Crippen molar-refractivity contribution in [3.8, 4) is 17.1 Å². The van der Waals surface area contributed by atoms with Gasteiger partial charge in [0.1, 0.15) is 11.6 Å². The molecule has 1 saturated heterocycles. The average molecular weight is 447 g/mol. The molecule has 1 fully saturated rings. The number of hydrogen-bond acceptors (Lipinski definition) is 7. The molecular weight excluding hydrogens is 423 g/mol. The molecule has 10 heteroatoms. The van der Waals surface area contributed by atoms with Crippen molar-refractivity contribution < 1.29 is 22.4 Å². The van der Waals surface area contributed by atoms with Gasteiger partial charge in [-0.2, -0.15) is 18.2 Å². The normalized spacial score (nSPS) is 15.6. The van der Waals surface area contributed by atoms with Gasteiger partial charge in [0, 0.05) is 32.4 Å². The number of aromatic nitrogens is 3. The molecule has 0 unspecified atom stereocenters. The first-order valence-electron chi connectivity index (χ1n) is 10.5. The van der Waals surface area contributed by atoms with E-state index in [4.69, 9.17) is 9.26 Å². The summed E-state index contributed by atoms with van der Waals surface area (Å²) in [5, 5.41) is 4.10. The lowest BCUT2D eigenvalue weighted by atomic mass is 10.2. The number of nitrogens with zero attached hydrogens (tertiary/aromatic N) is 5. The second-order valence-electron chi connectivity index (χ2n) is 7.46. The third-order valence-corrected chi connectivity index (χ3v) is 5.24. The van der Waals surface area contributed by atoms with Crippen LogP contribution >= 0.6 is 0 Å². The highest BCUT2D eigenvalue weighted by molar-refractivity contribution is 5.63. The minimum atomic E-state index is -4.38. The Hall–Kier alpha value is -3.14. The summed E-state index contributed by atoms with van der Waals surface area (Å²) in [6, 6.07) is 10.0. The highest BCUT2D eigenvalue weighted by Gasteiger charge is 2.31. The number of para-hydroxylation sites is 1. The highest BCUT2D eigenvalue weighted by atomic mass is 19.4. The van der Waals surface area contributed by atoms with Crippen LogP contribution in [0.4, 0.5) is 19.0 Å². The molecule has 0 radical (unpaired) electrons. The predicted octanol–water partition coefficient (Wildman–Crippen LogP) is 4.26. The van der Waals surface area contributed by atoms with Crippen LogP contribution in [-0.2, 0) is 12.7 Å². The van der Waals surface area contributed by atoms with E-state index >= 15 is 0 Å². The third kappa shape index (κ3) is 5.18. The Labute approximate surface area is 183 Å². The second-order valence-corrected chi connectivity index (χ2v) is 7.46. The molecule has 0 spiro atoms. The van der Waals surface area contributed by atoms with Crippen molar-refractivity contribution in [2.75, 3.05) is 37.7 Å². The van der Waals surface area contributed by atoms with Crippen molar-refractivity contribution in [3.05, 3.63) is 54.0 Å². The number of rotatable bonds is 6. The Morgan fingerprint density at radius 3 is 2.66 bits per heavy atom. The van der Waals surface area contributed by atoms with Gasteiger partial charge in [-0.25, -0.2) is 4.98 Å². The van der Waals surface area contributed by atoms with E-state index in [0.29, 0.717) is 56.1 Å². The first-order chi connectivity index (χ1) is 15.4. The van der Waals surface area contributed by atoms with Crippen LogP contribution < -0.4 is 9.64 Å². The van der Waals surface area contributed by atoms with Crippen molar-refractivity contribution in [3.63, 3.8) is 0 Å². The zero-order valence-corrected chi connectivity index (χ0v) is 17.7. The minimum Gasteiger partial charge on any atom is -0.493 e. The van der Waals surface area contributed by atoms with Crippen molar-refractivity contribution in [2.45, 2.75) is 26.1 Å². The largest absolute Gasteiger partial charge is 0.493 e. The van der Waals surface area contributed by atoms with E-state index in [-0.39, 0.29) is 0 Å². The van der Waals surface area contributed by atoms with Crippen molar-refractivity contribution in [2.24, 2.45) is 0 Å². The number of hydrogen-bond donors (Lipinski definition) is 0. The van der Waals surface area contributed by atoms with Crippen LogP contribution in [0.1, 0.15) is 24.8 Å². The SMILES string of the molecule is CCOc1ccccc1-c1noc(CN2CCCN(c3ccc(C(F)(F)F)cn3)CC2)n1. The summed E-state index contributed by atoms with van der Waals surface area (Å²) in [5.41, 5.74) is 0.0376.